The summed E-state index contributed by atoms with van der Waals surface area (Å²) in [7, 11) is 0. The van der Waals surface area contributed by atoms with Gasteiger partial charge >= 0.3 is 5.97 Å². The summed E-state index contributed by atoms with van der Waals surface area (Å²) < 4.78 is 58.4. The Labute approximate surface area is 187 Å². The molecule has 0 aliphatic carbocycles. The Kier molecular flexibility index (Phi) is 6.95. The summed E-state index contributed by atoms with van der Waals surface area (Å²) in [5, 5.41) is 6.04. The van der Waals surface area contributed by atoms with Crippen LogP contribution in [0.1, 0.15) is 73.7 Å². The molecule has 14 heteroatoms. The van der Waals surface area contributed by atoms with E-state index >= 15 is 0 Å². The molecule has 0 bridgehead atoms. The van der Waals surface area contributed by atoms with Crippen molar-refractivity contribution >= 4 is 39.8 Å². The van der Waals surface area contributed by atoms with Gasteiger partial charge in [0, 0.05) is 6.07 Å². The zero-order valence-electron chi connectivity index (χ0n) is 17.2. The van der Waals surface area contributed by atoms with Gasteiger partial charge in [-0.2, -0.15) is 5.10 Å². The molecule has 0 spiro atoms. The number of nitrogens with zero attached hydrogens (tertiary/aromatic N) is 3. The van der Waals surface area contributed by atoms with Crippen LogP contribution in [0.2, 0.25) is 0 Å². The van der Waals surface area contributed by atoms with Crippen LogP contribution in [0.5, 0.6) is 0 Å². The molecule has 3 aromatic heterocycles. The number of aromatic nitrogens is 3. The highest BCUT2D eigenvalue weighted by molar-refractivity contribution is 7.18. The smallest absolute Gasteiger partial charge is 0.341 e. The molecule has 3 aromatic rings. The zero-order valence-corrected chi connectivity index (χ0v) is 18.0. The summed E-state index contributed by atoms with van der Waals surface area (Å²) in [6.07, 6.45) is -5.75. The minimum atomic E-state index is -3.16. The van der Waals surface area contributed by atoms with Crippen molar-refractivity contribution < 1.29 is 36.7 Å². The number of hydrogen-bond acceptors (Lipinski definition) is 7. The minimum absolute atomic E-state index is 0.00646. The Balaban J connectivity index is 2.02. The molecule has 3 heterocycles. The van der Waals surface area contributed by atoms with Crippen LogP contribution in [-0.4, -0.2) is 39.0 Å². The summed E-state index contributed by atoms with van der Waals surface area (Å²) in [5.41, 5.74) is 2.83. The number of primary amides is 1. The summed E-state index contributed by atoms with van der Waals surface area (Å²) in [6, 6.07) is 1.44. The predicted molar refractivity (Wildman–Crippen MR) is 109 cm³/mol. The number of hydrogen-bond donors (Lipinski definition) is 2. The number of rotatable bonds is 8. The lowest BCUT2D eigenvalue weighted by atomic mass is 10.1. The van der Waals surface area contributed by atoms with E-state index in [9.17, 15) is 31.9 Å². The molecule has 3 rings (SSSR count). The molecule has 0 aliphatic rings. The maximum atomic E-state index is 13.3. The molecule has 0 radical (unpaired) electrons. The average Bonchev–Trinajstić information content (AvgIpc) is 3.32. The third-order valence-corrected chi connectivity index (χ3v) is 5.62. The number of carbonyl (C=O) groups is 3. The fourth-order valence-corrected chi connectivity index (χ4v) is 3.95. The number of nitrogens with one attached hydrogen (secondary N) is 1. The fourth-order valence-electron chi connectivity index (χ4n) is 2.91. The van der Waals surface area contributed by atoms with Gasteiger partial charge in [-0.25, -0.2) is 31.9 Å². The van der Waals surface area contributed by atoms with E-state index in [0.717, 1.165) is 17.4 Å². The topological polar surface area (TPSA) is 129 Å². The number of anilines is 1. The highest BCUT2D eigenvalue weighted by Crippen LogP contribution is 2.34. The molecule has 0 fully saturated rings. The van der Waals surface area contributed by atoms with Gasteiger partial charge in [-0.3, -0.25) is 9.59 Å². The van der Waals surface area contributed by atoms with Crippen molar-refractivity contribution in [2.45, 2.75) is 33.1 Å². The number of ether oxygens (including phenoxy) is 1. The first-order chi connectivity index (χ1) is 15.5. The highest BCUT2D eigenvalue weighted by atomic mass is 32.1. The van der Waals surface area contributed by atoms with Crippen molar-refractivity contribution in [3.05, 3.63) is 45.2 Å². The Morgan fingerprint density at radius 2 is 1.91 bits per heavy atom. The molecule has 0 unspecified atom stereocenters. The summed E-state index contributed by atoms with van der Waals surface area (Å²) in [4.78, 5) is 40.5. The van der Waals surface area contributed by atoms with Crippen LogP contribution in [0.25, 0.3) is 5.65 Å². The molecule has 0 atom stereocenters. The van der Waals surface area contributed by atoms with Crippen molar-refractivity contribution in [1.82, 2.24) is 14.6 Å². The number of esters is 1. The molecule has 3 N–H and O–H groups in total. The number of thiophene rings is 1. The van der Waals surface area contributed by atoms with Crippen molar-refractivity contribution in [2.24, 2.45) is 5.73 Å². The van der Waals surface area contributed by atoms with Gasteiger partial charge in [-0.1, -0.05) is 6.92 Å². The first-order valence-corrected chi connectivity index (χ1v) is 10.2. The highest BCUT2D eigenvalue weighted by Gasteiger charge is 2.27. The van der Waals surface area contributed by atoms with Gasteiger partial charge in [-0.05, 0) is 25.0 Å². The van der Waals surface area contributed by atoms with E-state index < -0.39 is 53.4 Å². The van der Waals surface area contributed by atoms with Gasteiger partial charge in [0.15, 0.2) is 11.3 Å². The SMILES string of the molecule is CCCOC(=O)c1c(NC(=O)c2cc3nc(C(F)F)cc(C(F)F)n3n2)sc(C(N)=O)c1C. The number of carbonyl (C=O) groups excluding carboxylic acids is 3. The van der Waals surface area contributed by atoms with E-state index in [4.69, 9.17) is 10.5 Å². The predicted octanol–water partition coefficient (Wildman–Crippen LogP) is 3.89. The molecule has 0 saturated carbocycles. The van der Waals surface area contributed by atoms with Crippen LogP contribution in [0, 0.1) is 6.92 Å². The van der Waals surface area contributed by atoms with E-state index in [0.29, 0.717) is 17.0 Å². The quantitative estimate of drug-likeness (QED) is 0.366. The summed E-state index contributed by atoms with van der Waals surface area (Å²) >= 11 is 0.724. The summed E-state index contributed by atoms with van der Waals surface area (Å²) in [5.74, 6) is -2.59. The lowest BCUT2D eigenvalue weighted by Gasteiger charge is -2.07. The largest absolute Gasteiger partial charge is 0.462 e. The van der Waals surface area contributed by atoms with Crippen molar-refractivity contribution in [3.63, 3.8) is 0 Å². The van der Waals surface area contributed by atoms with Gasteiger partial charge in [-0.15, -0.1) is 11.3 Å². The van der Waals surface area contributed by atoms with Gasteiger partial charge < -0.3 is 15.8 Å². The van der Waals surface area contributed by atoms with Crippen molar-refractivity contribution in [3.8, 4) is 0 Å². The lowest BCUT2D eigenvalue weighted by molar-refractivity contribution is 0.0506. The van der Waals surface area contributed by atoms with E-state index in [-0.39, 0.29) is 27.6 Å². The van der Waals surface area contributed by atoms with Crippen LogP contribution in [0.15, 0.2) is 12.1 Å². The molecular weight excluding hydrogens is 470 g/mol. The Bertz CT molecular complexity index is 1240. The standard InChI is InChI=1S/C19H17F4N5O4S/c1-3-4-32-19(31)12-7(2)13(16(24)29)33-18(12)26-17(30)9-6-11-25-8(14(20)21)5-10(15(22)23)28(11)27-9/h5-6,14-15H,3-4H2,1-2H3,(H2,24,29)(H,26,30). The second-order valence-electron chi connectivity index (χ2n) is 6.72. The van der Waals surface area contributed by atoms with Crippen LogP contribution in [0.3, 0.4) is 0 Å². The molecule has 9 nitrogen and oxygen atoms in total. The molecule has 33 heavy (non-hydrogen) atoms. The van der Waals surface area contributed by atoms with Gasteiger partial charge in [0.05, 0.1) is 17.0 Å². The monoisotopic (exact) mass is 487 g/mol. The number of alkyl halides is 4. The zero-order chi connectivity index (χ0) is 24.4. The molecule has 0 aliphatic heterocycles. The van der Waals surface area contributed by atoms with Crippen molar-refractivity contribution in [2.75, 3.05) is 11.9 Å². The van der Waals surface area contributed by atoms with Crippen LogP contribution in [0.4, 0.5) is 22.6 Å². The van der Waals surface area contributed by atoms with Crippen LogP contribution < -0.4 is 11.1 Å². The average molecular weight is 487 g/mol. The number of fused-ring (bicyclic) bond motifs is 1. The lowest BCUT2D eigenvalue weighted by Crippen LogP contribution is -2.16. The third-order valence-electron chi connectivity index (χ3n) is 4.39. The maximum Gasteiger partial charge on any atom is 0.341 e. The molecule has 2 amide bonds. The van der Waals surface area contributed by atoms with Crippen molar-refractivity contribution in [1.29, 1.82) is 0 Å². The van der Waals surface area contributed by atoms with E-state index in [1.165, 1.54) is 6.92 Å². The Morgan fingerprint density at radius 1 is 1.21 bits per heavy atom. The van der Waals surface area contributed by atoms with Gasteiger partial charge in [0.2, 0.25) is 0 Å². The molecule has 176 valence electrons. The number of nitrogens with two attached hydrogens (primary N) is 1. The Morgan fingerprint density at radius 3 is 2.48 bits per heavy atom. The number of amides is 2. The number of halogens is 4. The molecule has 0 saturated heterocycles. The van der Waals surface area contributed by atoms with E-state index in [1.807, 2.05) is 0 Å². The normalized spacial score (nSPS) is 11.4. The Hall–Kier alpha value is -3.55. The first kappa shape index (κ1) is 24.1. The maximum absolute atomic E-state index is 13.3. The van der Waals surface area contributed by atoms with E-state index in [1.54, 1.807) is 6.92 Å². The third kappa shape index (κ3) is 4.79. The second-order valence-corrected chi connectivity index (χ2v) is 7.74. The first-order valence-electron chi connectivity index (χ1n) is 9.43. The van der Waals surface area contributed by atoms with Gasteiger partial charge in [0.25, 0.3) is 24.7 Å². The summed E-state index contributed by atoms with van der Waals surface area (Å²) in [6.45, 7) is 3.31. The second kappa shape index (κ2) is 9.52. The molecule has 0 aromatic carbocycles. The fraction of sp³-hybridized carbons (Fsp3) is 0.316. The van der Waals surface area contributed by atoms with Crippen LogP contribution in [-0.2, 0) is 4.74 Å². The van der Waals surface area contributed by atoms with Crippen LogP contribution >= 0.6 is 11.3 Å². The van der Waals surface area contributed by atoms with Gasteiger partial charge in [0.1, 0.15) is 16.4 Å². The van der Waals surface area contributed by atoms with E-state index in [2.05, 4.69) is 15.4 Å². The minimum Gasteiger partial charge on any atom is -0.462 e. The molecular formula is C19H17F4N5O4S.